The van der Waals surface area contributed by atoms with E-state index in [4.69, 9.17) is 0 Å². The molecule has 0 aliphatic carbocycles. The Morgan fingerprint density at radius 3 is 2.34 bits per heavy atom. The first kappa shape index (κ1) is 19.2. The number of rotatable bonds is 3. The number of nitrogens with zero attached hydrogens (tertiary/aromatic N) is 2. The Hall–Kier alpha value is -3.15. The Kier molecular flexibility index (Phi) is 4.86. The van der Waals surface area contributed by atoms with Gasteiger partial charge in [-0.25, -0.2) is 4.79 Å². The molecule has 0 atom stereocenters. The van der Waals surface area contributed by atoms with Crippen LogP contribution in [-0.2, 0) is 11.3 Å². The third-order valence-corrected chi connectivity index (χ3v) is 5.88. The molecule has 0 unspecified atom stereocenters. The van der Waals surface area contributed by atoms with Crippen molar-refractivity contribution >= 4 is 17.8 Å². The average Bonchev–Trinajstić information content (AvgIpc) is 2.94. The molecule has 1 N–H and O–H groups in total. The number of likely N-dealkylation sites (tertiary alicyclic amines) is 1. The maximum Gasteiger partial charge on any atom is 0.325 e. The second kappa shape index (κ2) is 7.35. The Balaban J connectivity index is 1.44. The Morgan fingerprint density at radius 1 is 1.00 bits per heavy atom. The largest absolute Gasteiger partial charge is 0.338 e. The molecule has 2 aliphatic heterocycles. The van der Waals surface area contributed by atoms with Gasteiger partial charge in [0.1, 0.15) is 5.54 Å². The first-order chi connectivity index (χ1) is 13.9. The minimum Gasteiger partial charge on any atom is -0.338 e. The number of urea groups is 1. The van der Waals surface area contributed by atoms with Gasteiger partial charge in [-0.1, -0.05) is 47.5 Å². The van der Waals surface area contributed by atoms with Crippen LogP contribution in [0, 0.1) is 13.8 Å². The van der Waals surface area contributed by atoms with E-state index in [1.54, 1.807) is 4.90 Å². The zero-order chi connectivity index (χ0) is 20.6. The zero-order valence-electron chi connectivity index (χ0n) is 16.8. The van der Waals surface area contributed by atoms with Crippen LogP contribution < -0.4 is 5.32 Å². The summed E-state index contributed by atoms with van der Waals surface area (Å²) in [7, 11) is 0. The maximum atomic E-state index is 13.1. The van der Waals surface area contributed by atoms with Crippen LogP contribution in [0.4, 0.5) is 4.79 Å². The van der Waals surface area contributed by atoms with Crippen molar-refractivity contribution in [1.29, 1.82) is 0 Å². The fourth-order valence-corrected chi connectivity index (χ4v) is 4.09. The molecule has 29 heavy (non-hydrogen) atoms. The van der Waals surface area contributed by atoms with Gasteiger partial charge in [-0.05, 0) is 44.4 Å². The van der Waals surface area contributed by atoms with Crippen LogP contribution in [0.5, 0.6) is 0 Å². The van der Waals surface area contributed by atoms with Gasteiger partial charge in [0.25, 0.3) is 11.8 Å². The minimum atomic E-state index is -0.898. The summed E-state index contributed by atoms with van der Waals surface area (Å²) in [4.78, 5) is 41.4. The van der Waals surface area contributed by atoms with Crippen LogP contribution in [0.2, 0.25) is 0 Å². The number of imide groups is 1. The molecule has 2 heterocycles. The molecule has 4 amide bonds. The molecule has 150 valence electrons. The van der Waals surface area contributed by atoms with E-state index in [2.05, 4.69) is 5.32 Å². The Labute approximate surface area is 170 Å². The van der Waals surface area contributed by atoms with E-state index in [1.165, 1.54) is 4.90 Å². The number of nitrogens with one attached hydrogen (secondary N) is 1. The van der Waals surface area contributed by atoms with Crippen molar-refractivity contribution < 1.29 is 14.4 Å². The molecule has 0 radical (unpaired) electrons. The van der Waals surface area contributed by atoms with Gasteiger partial charge < -0.3 is 10.2 Å². The van der Waals surface area contributed by atoms with Gasteiger partial charge >= 0.3 is 6.03 Å². The molecule has 0 saturated carbocycles. The predicted octanol–water partition coefficient (Wildman–Crippen LogP) is 3.03. The molecule has 6 heteroatoms. The molecule has 1 spiro atoms. The van der Waals surface area contributed by atoms with E-state index in [0.717, 1.165) is 16.7 Å². The number of amides is 4. The van der Waals surface area contributed by atoms with Crippen LogP contribution in [-0.4, -0.2) is 46.3 Å². The molecular formula is C23H25N3O3. The molecule has 2 aliphatic rings. The van der Waals surface area contributed by atoms with Crippen LogP contribution in [0.25, 0.3) is 0 Å². The summed E-state index contributed by atoms with van der Waals surface area (Å²) in [5.41, 5.74) is 2.85. The van der Waals surface area contributed by atoms with Crippen molar-refractivity contribution in [2.24, 2.45) is 0 Å². The SMILES string of the molecule is Cc1ccc(CN2C(=O)NC3(CCN(C(=O)c4cccc(C)c4)CC3)C2=O)cc1. The molecular weight excluding hydrogens is 366 g/mol. The monoisotopic (exact) mass is 391 g/mol. The second-order valence-corrected chi connectivity index (χ2v) is 8.05. The van der Waals surface area contributed by atoms with Crippen molar-refractivity contribution in [3.05, 3.63) is 70.8 Å². The van der Waals surface area contributed by atoms with Crippen molar-refractivity contribution in [3.8, 4) is 0 Å². The van der Waals surface area contributed by atoms with E-state index < -0.39 is 5.54 Å². The first-order valence-corrected chi connectivity index (χ1v) is 9.94. The van der Waals surface area contributed by atoms with Gasteiger partial charge in [0.2, 0.25) is 0 Å². The quantitative estimate of drug-likeness (QED) is 0.818. The van der Waals surface area contributed by atoms with Crippen LogP contribution in [0.15, 0.2) is 48.5 Å². The summed E-state index contributed by atoms with van der Waals surface area (Å²) in [5.74, 6) is -0.220. The van der Waals surface area contributed by atoms with Crippen LogP contribution in [0.1, 0.15) is 39.9 Å². The van der Waals surface area contributed by atoms with Gasteiger partial charge in [0.15, 0.2) is 0 Å². The highest BCUT2D eigenvalue weighted by Crippen LogP contribution is 2.31. The second-order valence-electron chi connectivity index (χ2n) is 8.05. The van der Waals surface area contributed by atoms with Gasteiger partial charge in [0.05, 0.1) is 6.54 Å². The third kappa shape index (κ3) is 3.62. The van der Waals surface area contributed by atoms with Crippen LogP contribution >= 0.6 is 0 Å². The lowest BCUT2D eigenvalue weighted by Crippen LogP contribution is -2.55. The van der Waals surface area contributed by atoms with Crippen molar-refractivity contribution in [1.82, 2.24) is 15.1 Å². The Morgan fingerprint density at radius 2 is 1.69 bits per heavy atom. The summed E-state index contributed by atoms with van der Waals surface area (Å²) in [6.07, 6.45) is 0.860. The molecule has 2 aromatic rings. The number of benzene rings is 2. The molecule has 2 aromatic carbocycles. The van der Waals surface area contributed by atoms with E-state index in [9.17, 15) is 14.4 Å². The van der Waals surface area contributed by atoms with Gasteiger partial charge in [0, 0.05) is 18.7 Å². The van der Waals surface area contributed by atoms with E-state index in [-0.39, 0.29) is 24.4 Å². The summed E-state index contributed by atoms with van der Waals surface area (Å²) < 4.78 is 0. The predicted molar refractivity (Wildman–Crippen MR) is 109 cm³/mol. The standard InChI is InChI=1S/C23H25N3O3/c1-16-6-8-18(9-7-16)15-26-21(28)23(24-22(26)29)10-12-25(13-11-23)20(27)19-5-3-4-17(2)14-19/h3-9,14H,10-13,15H2,1-2H3,(H,24,29). The number of carbonyl (C=O) groups excluding carboxylic acids is 3. The molecule has 2 saturated heterocycles. The van der Waals surface area contributed by atoms with Gasteiger partial charge in [-0.3, -0.25) is 14.5 Å². The Bertz CT molecular complexity index is 960. The smallest absolute Gasteiger partial charge is 0.325 e. The number of piperidine rings is 1. The third-order valence-electron chi connectivity index (χ3n) is 5.88. The van der Waals surface area contributed by atoms with Crippen LogP contribution in [0.3, 0.4) is 0 Å². The number of aryl methyl sites for hydroxylation is 2. The maximum absolute atomic E-state index is 13.1. The molecule has 4 rings (SSSR count). The van der Waals surface area contributed by atoms with Gasteiger partial charge in [-0.15, -0.1) is 0 Å². The van der Waals surface area contributed by atoms with Crippen molar-refractivity contribution in [3.63, 3.8) is 0 Å². The highest BCUT2D eigenvalue weighted by atomic mass is 16.2. The minimum absolute atomic E-state index is 0.0307. The fourth-order valence-electron chi connectivity index (χ4n) is 4.09. The zero-order valence-corrected chi connectivity index (χ0v) is 16.8. The summed E-state index contributed by atoms with van der Waals surface area (Å²) in [6.45, 7) is 5.10. The number of hydrogen-bond acceptors (Lipinski definition) is 3. The summed E-state index contributed by atoms with van der Waals surface area (Å²) in [6, 6.07) is 15.0. The highest BCUT2D eigenvalue weighted by molar-refractivity contribution is 6.07. The number of hydrogen-bond donors (Lipinski definition) is 1. The highest BCUT2D eigenvalue weighted by Gasteiger charge is 2.52. The van der Waals surface area contributed by atoms with Crippen molar-refractivity contribution in [2.75, 3.05) is 13.1 Å². The molecule has 2 fully saturated rings. The topological polar surface area (TPSA) is 69.7 Å². The van der Waals surface area contributed by atoms with E-state index in [0.29, 0.717) is 31.5 Å². The van der Waals surface area contributed by atoms with E-state index >= 15 is 0 Å². The van der Waals surface area contributed by atoms with Gasteiger partial charge in [-0.2, -0.15) is 0 Å². The van der Waals surface area contributed by atoms with Crippen molar-refractivity contribution in [2.45, 2.75) is 38.8 Å². The normalized spacial score (nSPS) is 18.3. The van der Waals surface area contributed by atoms with E-state index in [1.807, 2.05) is 62.4 Å². The molecule has 0 aromatic heterocycles. The fraction of sp³-hybridized carbons (Fsp3) is 0.348. The first-order valence-electron chi connectivity index (χ1n) is 9.94. The molecule has 0 bridgehead atoms. The summed E-state index contributed by atoms with van der Waals surface area (Å²) >= 11 is 0. The lowest BCUT2D eigenvalue weighted by molar-refractivity contribution is -0.133. The lowest BCUT2D eigenvalue weighted by atomic mass is 9.87. The number of carbonyl (C=O) groups is 3. The summed E-state index contributed by atoms with van der Waals surface area (Å²) in [5, 5.41) is 2.91. The molecule has 6 nitrogen and oxygen atoms in total. The lowest BCUT2D eigenvalue weighted by Gasteiger charge is -2.37. The average molecular weight is 391 g/mol.